The first-order chi connectivity index (χ1) is 9.06. The monoisotopic (exact) mass is 267 g/mol. The van der Waals surface area contributed by atoms with Gasteiger partial charge in [0.15, 0.2) is 6.61 Å². The fourth-order valence-corrected chi connectivity index (χ4v) is 1.43. The van der Waals surface area contributed by atoms with Crippen molar-refractivity contribution >= 4 is 11.7 Å². The number of carbonyl (C=O) groups is 1. The summed E-state index contributed by atoms with van der Waals surface area (Å²) in [6.07, 6.45) is 0.121. The van der Waals surface area contributed by atoms with Crippen LogP contribution in [0.15, 0.2) is 24.3 Å². The zero-order chi connectivity index (χ0) is 14.3. The van der Waals surface area contributed by atoms with Crippen molar-refractivity contribution in [2.45, 2.75) is 26.0 Å². The molecule has 1 N–H and O–H groups in total. The maximum Gasteiger partial charge on any atom is 0.343 e. The molecule has 0 radical (unpaired) electrons. The number of rotatable bonds is 7. The minimum Gasteiger partial charge on any atom is -0.482 e. The molecule has 0 heterocycles. The molecule has 1 aromatic rings. The van der Waals surface area contributed by atoms with Gasteiger partial charge in [-0.15, -0.1) is 0 Å². The highest BCUT2D eigenvalue weighted by molar-refractivity contribution is 5.70. The molecule has 5 heteroatoms. The van der Waals surface area contributed by atoms with Crippen molar-refractivity contribution in [1.82, 2.24) is 0 Å². The summed E-state index contributed by atoms with van der Waals surface area (Å²) in [6, 6.07) is 7.59. The molecule has 0 saturated carbocycles. The zero-order valence-electron chi connectivity index (χ0n) is 11.8. The molecule has 106 valence electrons. The van der Waals surface area contributed by atoms with Crippen LogP contribution in [0.4, 0.5) is 5.69 Å². The van der Waals surface area contributed by atoms with Crippen molar-refractivity contribution in [3.8, 4) is 5.75 Å². The Labute approximate surface area is 113 Å². The Balaban J connectivity index is 2.49. The van der Waals surface area contributed by atoms with Crippen molar-refractivity contribution in [2.24, 2.45) is 0 Å². The van der Waals surface area contributed by atoms with E-state index in [1.165, 1.54) is 7.11 Å². The molecule has 19 heavy (non-hydrogen) atoms. The fourth-order valence-electron chi connectivity index (χ4n) is 1.43. The Bertz CT molecular complexity index is 391. The Morgan fingerprint density at radius 1 is 1.21 bits per heavy atom. The molecule has 0 saturated heterocycles. The molecule has 0 aromatic heterocycles. The van der Waals surface area contributed by atoms with Crippen LogP contribution in [0.2, 0.25) is 0 Å². The topological polar surface area (TPSA) is 56.8 Å². The van der Waals surface area contributed by atoms with Gasteiger partial charge in [0.25, 0.3) is 0 Å². The normalized spacial score (nSPS) is 13.5. The van der Waals surface area contributed by atoms with Gasteiger partial charge in [-0.3, -0.25) is 0 Å². The smallest absolute Gasteiger partial charge is 0.343 e. The van der Waals surface area contributed by atoms with Gasteiger partial charge in [-0.2, -0.15) is 0 Å². The fraction of sp³-hybridized carbons (Fsp3) is 0.500. The molecule has 0 amide bonds. The van der Waals surface area contributed by atoms with Crippen molar-refractivity contribution in [1.29, 1.82) is 0 Å². The molecule has 5 nitrogen and oxygen atoms in total. The summed E-state index contributed by atoms with van der Waals surface area (Å²) >= 11 is 0. The number of methoxy groups -OCH3 is 2. The number of ether oxygens (including phenoxy) is 3. The highest BCUT2D eigenvalue weighted by Crippen LogP contribution is 2.17. The summed E-state index contributed by atoms with van der Waals surface area (Å²) < 4.78 is 15.0. The van der Waals surface area contributed by atoms with E-state index in [2.05, 4.69) is 17.0 Å². The molecule has 0 aliphatic heterocycles. The van der Waals surface area contributed by atoms with E-state index in [0.717, 1.165) is 5.69 Å². The molecule has 0 aliphatic rings. The first-order valence-electron chi connectivity index (χ1n) is 6.15. The molecule has 0 bridgehead atoms. The lowest BCUT2D eigenvalue weighted by Crippen LogP contribution is -2.29. The lowest BCUT2D eigenvalue weighted by atomic mass is 10.2. The standard InChI is InChI=1S/C14H21NO4/c1-10(11(2)17-3)15-12-5-7-13(8-6-12)19-9-14(16)18-4/h5-8,10-11,15H,9H2,1-4H3. The van der Waals surface area contributed by atoms with E-state index < -0.39 is 5.97 Å². The Morgan fingerprint density at radius 2 is 1.84 bits per heavy atom. The summed E-state index contributed by atoms with van der Waals surface area (Å²) in [5.74, 6) is 0.230. The number of esters is 1. The number of hydrogen-bond acceptors (Lipinski definition) is 5. The molecule has 0 aliphatic carbocycles. The average Bonchev–Trinajstić information content (AvgIpc) is 2.45. The summed E-state index contributed by atoms with van der Waals surface area (Å²) in [7, 11) is 3.02. The quantitative estimate of drug-likeness (QED) is 0.766. The zero-order valence-corrected chi connectivity index (χ0v) is 11.8. The first-order valence-corrected chi connectivity index (χ1v) is 6.15. The van der Waals surface area contributed by atoms with Crippen LogP contribution in [0.3, 0.4) is 0 Å². The van der Waals surface area contributed by atoms with E-state index in [0.29, 0.717) is 5.75 Å². The maximum absolute atomic E-state index is 10.9. The summed E-state index contributed by atoms with van der Waals surface area (Å²) in [5.41, 5.74) is 0.974. The molecule has 0 fully saturated rings. The van der Waals surface area contributed by atoms with Gasteiger partial charge in [-0.1, -0.05) is 0 Å². The van der Waals surface area contributed by atoms with Gasteiger partial charge in [0.05, 0.1) is 13.2 Å². The average molecular weight is 267 g/mol. The van der Waals surface area contributed by atoms with Crippen LogP contribution in [-0.2, 0) is 14.3 Å². The van der Waals surface area contributed by atoms with Crippen LogP contribution in [0.5, 0.6) is 5.75 Å². The third-order valence-electron chi connectivity index (χ3n) is 2.91. The minimum atomic E-state index is -0.398. The highest BCUT2D eigenvalue weighted by atomic mass is 16.6. The predicted molar refractivity (Wildman–Crippen MR) is 73.5 cm³/mol. The predicted octanol–water partition coefficient (Wildman–Crippen LogP) is 2.07. The third-order valence-corrected chi connectivity index (χ3v) is 2.91. The van der Waals surface area contributed by atoms with E-state index in [4.69, 9.17) is 9.47 Å². The van der Waals surface area contributed by atoms with E-state index in [1.807, 2.05) is 19.1 Å². The van der Waals surface area contributed by atoms with Crippen LogP contribution >= 0.6 is 0 Å². The van der Waals surface area contributed by atoms with E-state index in [9.17, 15) is 4.79 Å². The number of anilines is 1. The molecule has 1 rings (SSSR count). The largest absolute Gasteiger partial charge is 0.482 e. The van der Waals surface area contributed by atoms with Gasteiger partial charge in [0.1, 0.15) is 5.75 Å². The van der Waals surface area contributed by atoms with Crippen molar-refractivity contribution < 1.29 is 19.0 Å². The molecule has 1 aromatic carbocycles. The Morgan fingerprint density at radius 3 is 2.37 bits per heavy atom. The molecular weight excluding hydrogens is 246 g/mol. The summed E-state index contributed by atoms with van der Waals surface area (Å²) in [4.78, 5) is 10.9. The number of benzene rings is 1. The van der Waals surface area contributed by atoms with Crippen molar-refractivity contribution in [3.63, 3.8) is 0 Å². The second-order valence-electron chi connectivity index (χ2n) is 4.26. The van der Waals surface area contributed by atoms with Crippen LogP contribution in [-0.4, -0.2) is 38.9 Å². The highest BCUT2D eigenvalue weighted by Gasteiger charge is 2.10. The molecule has 2 atom stereocenters. The minimum absolute atomic E-state index is 0.0829. The van der Waals surface area contributed by atoms with Crippen LogP contribution < -0.4 is 10.1 Å². The maximum atomic E-state index is 10.9. The Kier molecular flexibility index (Phi) is 6.15. The Hall–Kier alpha value is -1.75. The SMILES string of the molecule is COC(=O)COc1ccc(NC(C)C(C)OC)cc1. The van der Waals surface area contributed by atoms with Crippen LogP contribution in [0.25, 0.3) is 0 Å². The van der Waals surface area contributed by atoms with Crippen molar-refractivity contribution in [3.05, 3.63) is 24.3 Å². The van der Waals surface area contributed by atoms with Gasteiger partial charge in [-0.25, -0.2) is 4.79 Å². The molecule has 2 unspecified atom stereocenters. The second kappa shape index (κ2) is 7.63. The van der Waals surface area contributed by atoms with Gasteiger partial charge in [0, 0.05) is 18.8 Å². The first kappa shape index (κ1) is 15.3. The number of nitrogens with one attached hydrogen (secondary N) is 1. The van der Waals surface area contributed by atoms with Gasteiger partial charge >= 0.3 is 5.97 Å². The van der Waals surface area contributed by atoms with Crippen LogP contribution in [0, 0.1) is 0 Å². The van der Waals surface area contributed by atoms with E-state index in [1.54, 1.807) is 19.2 Å². The third kappa shape index (κ3) is 5.18. The van der Waals surface area contributed by atoms with Gasteiger partial charge in [0.2, 0.25) is 0 Å². The lowest BCUT2D eigenvalue weighted by molar-refractivity contribution is -0.142. The summed E-state index contributed by atoms with van der Waals surface area (Å²) in [6.45, 7) is 3.97. The van der Waals surface area contributed by atoms with Gasteiger partial charge in [-0.05, 0) is 38.1 Å². The van der Waals surface area contributed by atoms with E-state index in [-0.39, 0.29) is 18.8 Å². The number of carbonyl (C=O) groups excluding carboxylic acids is 1. The van der Waals surface area contributed by atoms with E-state index >= 15 is 0 Å². The molecular formula is C14H21NO4. The van der Waals surface area contributed by atoms with Gasteiger partial charge < -0.3 is 19.5 Å². The summed E-state index contributed by atoms with van der Waals surface area (Å²) in [5, 5.41) is 3.32. The molecule has 0 spiro atoms. The van der Waals surface area contributed by atoms with Crippen LogP contribution in [0.1, 0.15) is 13.8 Å². The lowest BCUT2D eigenvalue weighted by Gasteiger charge is -2.21. The second-order valence-corrected chi connectivity index (χ2v) is 4.26. The van der Waals surface area contributed by atoms with Crippen molar-refractivity contribution in [2.75, 3.05) is 26.1 Å². The number of hydrogen-bond donors (Lipinski definition) is 1.